The molecule has 4 rings (SSSR count). The van der Waals surface area contributed by atoms with E-state index in [1.165, 1.54) is 43.4 Å². The number of nitrogens with two attached hydrogens (primary N) is 1. The maximum Gasteiger partial charge on any atom is 0.573 e. The van der Waals surface area contributed by atoms with Crippen LogP contribution < -0.4 is 15.8 Å². The molecule has 2 heterocycles. The molecular weight excluding hydrogens is 421 g/mol. The molecule has 6 nitrogen and oxygen atoms in total. The Bertz CT molecular complexity index is 935. The van der Waals surface area contributed by atoms with Gasteiger partial charge in [0.2, 0.25) is 0 Å². The molecule has 32 heavy (non-hydrogen) atoms. The maximum absolute atomic E-state index is 12.7. The first-order valence-corrected chi connectivity index (χ1v) is 11.0. The Balaban J connectivity index is 1.32. The normalized spacial score (nSPS) is 18.0. The predicted molar refractivity (Wildman–Crippen MR) is 116 cm³/mol. The second-order valence-corrected chi connectivity index (χ2v) is 8.47. The fourth-order valence-electron chi connectivity index (χ4n) is 4.52. The van der Waals surface area contributed by atoms with Crippen molar-refractivity contribution in [3.63, 3.8) is 0 Å². The first-order chi connectivity index (χ1) is 15.3. The predicted octanol–water partition coefficient (Wildman–Crippen LogP) is 4.94. The average molecular weight is 448 g/mol. The van der Waals surface area contributed by atoms with Gasteiger partial charge in [-0.25, -0.2) is 4.98 Å². The minimum absolute atomic E-state index is 0.171. The monoisotopic (exact) mass is 448 g/mol. The van der Waals surface area contributed by atoms with Crippen molar-refractivity contribution in [2.75, 3.05) is 24.1 Å². The van der Waals surface area contributed by atoms with E-state index in [9.17, 15) is 18.0 Å². The smallest absolute Gasteiger partial charge is 0.406 e. The number of alkyl halides is 3. The van der Waals surface area contributed by atoms with E-state index in [4.69, 9.17) is 5.73 Å². The van der Waals surface area contributed by atoms with Crippen LogP contribution in [0.4, 0.5) is 24.7 Å². The number of rotatable bonds is 5. The highest BCUT2D eigenvalue weighted by Crippen LogP contribution is 2.36. The van der Waals surface area contributed by atoms with Gasteiger partial charge in [0.1, 0.15) is 11.6 Å². The van der Waals surface area contributed by atoms with Crippen LogP contribution in [0.15, 0.2) is 36.5 Å². The van der Waals surface area contributed by atoms with E-state index in [1.807, 2.05) is 6.20 Å². The van der Waals surface area contributed by atoms with Crippen LogP contribution in [-0.2, 0) is 0 Å². The van der Waals surface area contributed by atoms with E-state index in [2.05, 4.69) is 21.1 Å². The third-order valence-electron chi connectivity index (χ3n) is 6.24. The molecule has 0 radical (unpaired) electrons. The minimum atomic E-state index is -4.75. The largest absolute Gasteiger partial charge is 0.573 e. The van der Waals surface area contributed by atoms with Crippen LogP contribution in [0, 0.1) is 0 Å². The first-order valence-electron chi connectivity index (χ1n) is 11.0. The molecule has 9 heteroatoms. The van der Waals surface area contributed by atoms with Crippen LogP contribution in [0.1, 0.15) is 60.4 Å². The van der Waals surface area contributed by atoms with Gasteiger partial charge in [0.15, 0.2) is 0 Å². The van der Waals surface area contributed by atoms with E-state index in [0.717, 1.165) is 30.7 Å². The summed E-state index contributed by atoms with van der Waals surface area (Å²) < 4.78 is 40.7. The highest BCUT2D eigenvalue weighted by atomic mass is 19.4. The van der Waals surface area contributed by atoms with E-state index in [0.29, 0.717) is 30.4 Å². The van der Waals surface area contributed by atoms with Crippen LogP contribution in [0.25, 0.3) is 0 Å². The number of carbonyl (C=O) groups excluding carboxylic acids is 1. The summed E-state index contributed by atoms with van der Waals surface area (Å²) in [6.07, 6.45) is 3.50. The molecule has 0 bridgehead atoms. The second kappa shape index (κ2) is 9.26. The van der Waals surface area contributed by atoms with E-state index in [1.54, 1.807) is 4.90 Å². The molecule has 1 saturated heterocycles. The Morgan fingerprint density at radius 1 is 1.09 bits per heavy atom. The van der Waals surface area contributed by atoms with Gasteiger partial charge < -0.3 is 20.7 Å². The number of nitrogens with one attached hydrogen (secondary N) is 1. The highest BCUT2D eigenvalue weighted by Gasteiger charge is 2.31. The fourth-order valence-corrected chi connectivity index (χ4v) is 4.52. The molecule has 2 aromatic rings. The number of nitrogens with zero attached hydrogens (tertiary/aromatic N) is 2. The summed E-state index contributed by atoms with van der Waals surface area (Å²) in [5.41, 5.74) is 8.50. The zero-order valence-electron chi connectivity index (χ0n) is 17.7. The minimum Gasteiger partial charge on any atom is -0.406 e. The average Bonchev–Trinajstić information content (AvgIpc) is 3.30. The van der Waals surface area contributed by atoms with Gasteiger partial charge >= 0.3 is 6.36 Å². The molecule has 3 N–H and O–H groups in total. The summed E-state index contributed by atoms with van der Waals surface area (Å²) in [6.45, 7) is 1.10. The van der Waals surface area contributed by atoms with Crippen molar-refractivity contribution in [2.45, 2.75) is 56.8 Å². The Morgan fingerprint density at radius 3 is 2.38 bits per heavy atom. The lowest BCUT2D eigenvalue weighted by Crippen LogP contribution is -2.42. The Morgan fingerprint density at radius 2 is 1.75 bits per heavy atom. The number of halogens is 3. The molecule has 1 saturated carbocycles. The van der Waals surface area contributed by atoms with Crippen molar-refractivity contribution >= 4 is 17.4 Å². The molecule has 1 aromatic carbocycles. The number of ether oxygens (including phenoxy) is 1. The number of benzene rings is 1. The Labute approximate surface area is 184 Å². The van der Waals surface area contributed by atoms with Crippen LogP contribution in [0.3, 0.4) is 0 Å². The fraction of sp³-hybridized carbons (Fsp3) is 0.478. The van der Waals surface area contributed by atoms with Gasteiger partial charge in [-0.2, -0.15) is 0 Å². The summed E-state index contributed by atoms with van der Waals surface area (Å²) in [5, 5.41) is 3.49. The van der Waals surface area contributed by atoms with Crippen LogP contribution in [0.5, 0.6) is 5.75 Å². The lowest BCUT2D eigenvalue weighted by Gasteiger charge is -2.33. The van der Waals surface area contributed by atoms with Crippen molar-refractivity contribution in [3.8, 4) is 5.75 Å². The molecule has 1 amide bonds. The lowest BCUT2D eigenvalue weighted by atomic mass is 9.98. The summed E-state index contributed by atoms with van der Waals surface area (Å²) >= 11 is 0. The number of nitrogen functional groups attached to an aromatic ring is 1. The van der Waals surface area contributed by atoms with Gasteiger partial charge in [0.25, 0.3) is 5.91 Å². The van der Waals surface area contributed by atoms with Crippen molar-refractivity contribution in [2.24, 2.45) is 0 Å². The molecule has 0 spiro atoms. The molecule has 0 unspecified atom stereocenters. The van der Waals surface area contributed by atoms with Crippen LogP contribution in [0.2, 0.25) is 0 Å². The van der Waals surface area contributed by atoms with Gasteiger partial charge in [-0.05, 0) is 67.5 Å². The molecule has 172 valence electrons. The SMILES string of the molecule is Nc1ncc(C2CCCC2)cc1NC1CCN(C(=O)c2ccc(OC(F)(F)F)cc2)CC1. The number of pyridine rings is 1. The molecule has 1 aromatic heterocycles. The zero-order chi connectivity index (χ0) is 22.7. The number of amides is 1. The van der Waals surface area contributed by atoms with Crippen LogP contribution >= 0.6 is 0 Å². The number of anilines is 2. The first kappa shape index (κ1) is 22.2. The highest BCUT2D eigenvalue weighted by molar-refractivity contribution is 5.94. The molecule has 2 fully saturated rings. The number of hydrogen-bond donors (Lipinski definition) is 2. The van der Waals surface area contributed by atoms with Crippen LogP contribution in [-0.4, -0.2) is 41.3 Å². The summed E-state index contributed by atoms with van der Waals surface area (Å²) in [5.74, 6) is 0.483. The third-order valence-corrected chi connectivity index (χ3v) is 6.24. The Kier molecular flexibility index (Phi) is 6.43. The summed E-state index contributed by atoms with van der Waals surface area (Å²) in [6, 6.07) is 7.30. The molecule has 1 aliphatic carbocycles. The molecule has 0 atom stereocenters. The van der Waals surface area contributed by atoms with Gasteiger partial charge in [-0.15, -0.1) is 13.2 Å². The van der Waals surface area contributed by atoms with Crippen molar-refractivity contribution < 1.29 is 22.7 Å². The van der Waals surface area contributed by atoms with E-state index in [-0.39, 0.29) is 17.7 Å². The molecule has 1 aliphatic heterocycles. The van der Waals surface area contributed by atoms with Crippen molar-refractivity contribution in [1.29, 1.82) is 0 Å². The third kappa shape index (κ3) is 5.44. The summed E-state index contributed by atoms with van der Waals surface area (Å²) in [7, 11) is 0. The van der Waals surface area contributed by atoms with Gasteiger partial charge in [0, 0.05) is 30.9 Å². The topological polar surface area (TPSA) is 80.5 Å². The summed E-state index contributed by atoms with van der Waals surface area (Å²) in [4.78, 5) is 18.8. The number of aromatic nitrogens is 1. The maximum atomic E-state index is 12.7. The molecular formula is C23H27F3N4O2. The van der Waals surface area contributed by atoms with Gasteiger partial charge in [-0.1, -0.05) is 12.8 Å². The quantitative estimate of drug-likeness (QED) is 0.678. The lowest BCUT2D eigenvalue weighted by molar-refractivity contribution is -0.274. The van der Waals surface area contributed by atoms with Gasteiger partial charge in [-0.3, -0.25) is 4.79 Å². The Hall–Kier alpha value is -2.97. The number of likely N-dealkylation sites (tertiary alicyclic amines) is 1. The zero-order valence-corrected chi connectivity index (χ0v) is 17.7. The standard InChI is InChI=1S/C23H27F3N4O2/c24-23(25,26)32-19-7-5-16(6-8-19)22(31)30-11-9-18(10-12-30)29-20-13-17(14-28-21(20)27)15-3-1-2-4-15/h5-8,13-15,18,29H,1-4,9-12H2,(H2,27,28). The number of piperidine rings is 1. The van der Waals surface area contributed by atoms with Crippen molar-refractivity contribution in [1.82, 2.24) is 9.88 Å². The number of hydrogen-bond acceptors (Lipinski definition) is 5. The van der Waals surface area contributed by atoms with E-state index < -0.39 is 6.36 Å². The van der Waals surface area contributed by atoms with Gasteiger partial charge in [0.05, 0.1) is 5.69 Å². The van der Waals surface area contributed by atoms with Crippen molar-refractivity contribution in [3.05, 3.63) is 47.7 Å². The second-order valence-electron chi connectivity index (χ2n) is 8.47. The van der Waals surface area contributed by atoms with E-state index >= 15 is 0 Å². The molecule has 2 aliphatic rings. The number of carbonyl (C=O) groups is 1.